The molecule has 0 unspecified atom stereocenters. The number of ether oxygens (including phenoxy) is 3. The highest BCUT2D eigenvalue weighted by molar-refractivity contribution is 7.09. The van der Waals surface area contributed by atoms with Gasteiger partial charge in [-0.3, -0.25) is 4.79 Å². The van der Waals surface area contributed by atoms with Crippen molar-refractivity contribution in [1.29, 1.82) is 0 Å². The topological polar surface area (TPSA) is 60.9 Å². The Morgan fingerprint density at radius 2 is 2.06 bits per heavy atom. The number of nitrogens with zero attached hydrogens (tertiary/aromatic N) is 2. The van der Waals surface area contributed by atoms with Gasteiger partial charge in [-0.1, -0.05) is 38.1 Å². The van der Waals surface area contributed by atoms with Crippen molar-refractivity contribution < 1.29 is 19.0 Å². The highest BCUT2D eigenvalue weighted by atomic mass is 32.1. The van der Waals surface area contributed by atoms with Crippen molar-refractivity contribution in [3.8, 4) is 17.2 Å². The summed E-state index contributed by atoms with van der Waals surface area (Å²) in [5, 5.41) is 2.84. The largest absolute Gasteiger partial charge is 0.486 e. The first kappa shape index (κ1) is 21.9. The van der Waals surface area contributed by atoms with Gasteiger partial charge in [-0.15, -0.1) is 17.9 Å². The summed E-state index contributed by atoms with van der Waals surface area (Å²) in [5.74, 6) is 2.39. The molecule has 166 valence electrons. The normalized spacial score (nSPS) is 12.1. The van der Waals surface area contributed by atoms with E-state index in [1.807, 2.05) is 23.6 Å². The summed E-state index contributed by atoms with van der Waals surface area (Å²) in [6.07, 6.45) is 1.71. The van der Waals surface area contributed by atoms with E-state index in [0.717, 1.165) is 16.5 Å². The third-order valence-corrected chi connectivity index (χ3v) is 5.97. The van der Waals surface area contributed by atoms with Crippen molar-refractivity contribution in [2.24, 2.45) is 0 Å². The molecule has 3 aromatic rings. The molecule has 1 aliphatic rings. The van der Waals surface area contributed by atoms with Crippen LogP contribution in [0.4, 0.5) is 0 Å². The molecule has 0 spiro atoms. The van der Waals surface area contributed by atoms with Crippen molar-refractivity contribution in [1.82, 2.24) is 9.88 Å². The van der Waals surface area contributed by atoms with Crippen LogP contribution < -0.4 is 14.2 Å². The van der Waals surface area contributed by atoms with Gasteiger partial charge in [0.1, 0.15) is 17.4 Å². The molecule has 4 rings (SSSR count). The van der Waals surface area contributed by atoms with Crippen LogP contribution in [0.15, 0.2) is 60.5 Å². The van der Waals surface area contributed by atoms with Gasteiger partial charge in [-0.2, -0.15) is 0 Å². The van der Waals surface area contributed by atoms with E-state index in [1.54, 1.807) is 29.2 Å². The molecule has 0 bridgehead atoms. The SMILES string of the molecule is C=CCN(Cc1csc(COc2ccccc2C(C)C)n1)C(=O)c1ccc2c(c1)OCO2. The van der Waals surface area contributed by atoms with Crippen molar-refractivity contribution >= 4 is 17.2 Å². The molecule has 0 radical (unpaired) electrons. The molecular formula is C25H26N2O4S. The second-order valence-electron chi connectivity index (χ2n) is 7.76. The number of amides is 1. The van der Waals surface area contributed by atoms with E-state index < -0.39 is 0 Å². The minimum Gasteiger partial charge on any atom is -0.486 e. The maximum absolute atomic E-state index is 13.1. The van der Waals surface area contributed by atoms with Crippen molar-refractivity contribution in [2.75, 3.05) is 13.3 Å². The Bertz CT molecular complexity index is 1110. The van der Waals surface area contributed by atoms with Gasteiger partial charge in [0.15, 0.2) is 11.5 Å². The molecule has 1 aromatic heterocycles. The minimum absolute atomic E-state index is 0.111. The molecule has 6 nitrogen and oxygen atoms in total. The highest BCUT2D eigenvalue weighted by Gasteiger charge is 2.21. The Morgan fingerprint density at radius 1 is 1.25 bits per heavy atom. The Labute approximate surface area is 192 Å². The van der Waals surface area contributed by atoms with Crippen LogP contribution in [-0.4, -0.2) is 29.1 Å². The molecule has 2 aromatic carbocycles. The Balaban J connectivity index is 1.42. The zero-order valence-corrected chi connectivity index (χ0v) is 19.1. The lowest BCUT2D eigenvalue weighted by atomic mass is 10.0. The van der Waals surface area contributed by atoms with E-state index in [4.69, 9.17) is 14.2 Å². The molecule has 0 fully saturated rings. The zero-order chi connectivity index (χ0) is 22.5. The van der Waals surface area contributed by atoms with Gasteiger partial charge in [-0.05, 0) is 35.7 Å². The fraction of sp³-hybridized carbons (Fsp3) is 0.280. The lowest BCUT2D eigenvalue weighted by molar-refractivity contribution is 0.0760. The first-order valence-corrected chi connectivity index (χ1v) is 11.4. The third-order valence-electron chi connectivity index (χ3n) is 5.10. The number of rotatable bonds is 9. The van der Waals surface area contributed by atoms with Crippen LogP contribution in [0.25, 0.3) is 0 Å². The van der Waals surface area contributed by atoms with E-state index in [2.05, 4.69) is 31.5 Å². The summed E-state index contributed by atoms with van der Waals surface area (Å²) in [4.78, 5) is 19.5. The van der Waals surface area contributed by atoms with Crippen LogP contribution in [0.2, 0.25) is 0 Å². The number of fused-ring (bicyclic) bond motifs is 1. The Kier molecular flexibility index (Phi) is 6.75. The monoisotopic (exact) mass is 450 g/mol. The second kappa shape index (κ2) is 9.87. The Hall–Kier alpha value is -3.32. The standard InChI is InChI=1S/C25H26N2O4S/c1-4-11-27(25(28)18-9-10-22-23(12-18)31-16-30-22)13-19-15-32-24(26-19)14-29-21-8-6-5-7-20(21)17(2)3/h4-10,12,15,17H,1,11,13-14,16H2,2-3H3. The number of carbonyl (C=O) groups excluding carboxylic acids is 1. The van der Waals surface area contributed by atoms with Crippen LogP contribution in [-0.2, 0) is 13.2 Å². The molecule has 7 heteroatoms. The van der Waals surface area contributed by atoms with E-state index in [9.17, 15) is 4.79 Å². The highest BCUT2D eigenvalue weighted by Crippen LogP contribution is 2.33. The van der Waals surface area contributed by atoms with Gasteiger partial charge in [-0.25, -0.2) is 4.98 Å². The first-order valence-electron chi connectivity index (χ1n) is 10.5. The molecule has 0 N–H and O–H groups in total. The average Bonchev–Trinajstić information content (AvgIpc) is 3.45. The van der Waals surface area contributed by atoms with Crippen LogP contribution >= 0.6 is 11.3 Å². The first-order chi connectivity index (χ1) is 15.5. The number of para-hydroxylation sites is 1. The molecule has 32 heavy (non-hydrogen) atoms. The molecular weight excluding hydrogens is 424 g/mol. The van der Waals surface area contributed by atoms with E-state index in [0.29, 0.717) is 42.7 Å². The molecule has 1 aliphatic heterocycles. The maximum atomic E-state index is 13.1. The molecule has 0 aliphatic carbocycles. The van der Waals surface area contributed by atoms with Crippen LogP contribution in [0.3, 0.4) is 0 Å². The summed E-state index contributed by atoms with van der Waals surface area (Å²) in [5.41, 5.74) is 2.54. The average molecular weight is 451 g/mol. The lowest BCUT2D eigenvalue weighted by Crippen LogP contribution is -2.30. The maximum Gasteiger partial charge on any atom is 0.254 e. The smallest absolute Gasteiger partial charge is 0.254 e. The van der Waals surface area contributed by atoms with Crippen LogP contribution in [0.5, 0.6) is 17.2 Å². The minimum atomic E-state index is -0.111. The fourth-order valence-corrected chi connectivity index (χ4v) is 4.20. The van der Waals surface area contributed by atoms with Gasteiger partial charge in [0.25, 0.3) is 5.91 Å². The number of aromatic nitrogens is 1. The van der Waals surface area contributed by atoms with Gasteiger partial charge >= 0.3 is 0 Å². The molecule has 2 heterocycles. The summed E-state index contributed by atoms with van der Waals surface area (Å²) < 4.78 is 16.8. The van der Waals surface area contributed by atoms with Gasteiger partial charge in [0.05, 0.1) is 12.2 Å². The van der Waals surface area contributed by atoms with Gasteiger partial charge in [0.2, 0.25) is 6.79 Å². The van der Waals surface area contributed by atoms with E-state index in [-0.39, 0.29) is 12.7 Å². The number of carbonyl (C=O) groups is 1. The summed E-state index contributed by atoms with van der Waals surface area (Å²) in [7, 11) is 0. The Morgan fingerprint density at radius 3 is 2.88 bits per heavy atom. The van der Waals surface area contributed by atoms with Crippen molar-refractivity contribution in [3.05, 3.63) is 82.3 Å². The summed E-state index contributed by atoms with van der Waals surface area (Å²) >= 11 is 1.53. The number of hydrogen-bond donors (Lipinski definition) is 0. The predicted molar refractivity (Wildman–Crippen MR) is 124 cm³/mol. The fourth-order valence-electron chi connectivity index (χ4n) is 3.50. The number of benzene rings is 2. The quantitative estimate of drug-likeness (QED) is 0.408. The zero-order valence-electron chi connectivity index (χ0n) is 18.2. The van der Waals surface area contributed by atoms with E-state index >= 15 is 0 Å². The second-order valence-corrected chi connectivity index (χ2v) is 8.70. The molecule has 0 saturated carbocycles. The molecule has 0 atom stereocenters. The van der Waals surface area contributed by atoms with Crippen LogP contribution in [0.1, 0.15) is 46.4 Å². The number of thiazole rings is 1. The van der Waals surface area contributed by atoms with Gasteiger partial charge < -0.3 is 19.1 Å². The number of hydrogen-bond acceptors (Lipinski definition) is 6. The van der Waals surface area contributed by atoms with Crippen molar-refractivity contribution in [3.63, 3.8) is 0 Å². The summed E-state index contributed by atoms with van der Waals surface area (Å²) in [6.45, 7) is 9.46. The van der Waals surface area contributed by atoms with Gasteiger partial charge in [0, 0.05) is 17.5 Å². The van der Waals surface area contributed by atoms with Crippen LogP contribution in [0, 0.1) is 0 Å². The molecule has 1 amide bonds. The lowest BCUT2D eigenvalue weighted by Gasteiger charge is -2.20. The van der Waals surface area contributed by atoms with Crippen molar-refractivity contribution in [2.45, 2.75) is 32.9 Å². The third kappa shape index (κ3) is 4.94. The van der Waals surface area contributed by atoms with E-state index in [1.165, 1.54) is 16.9 Å². The summed E-state index contributed by atoms with van der Waals surface area (Å²) in [6, 6.07) is 13.3. The predicted octanol–water partition coefficient (Wildman–Crippen LogP) is 5.40. The molecule has 0 saturated heterocycles.